The van der Waals surface area contributed by atoms with Crippen molar-refractivity contribution in [2.45, 2.75) is 47.3 Å². The Morgan fingerprint density at radius 2 is 1.28 bits per heavy atom. The van der Waals surface area contributed by atoms with E-state index >= 15 is 0 Å². The van der Waals surface area contributed by atoms with Crippen LogP contribution in [0, 0.1) is 10.7 Å². The van der Waals surface area contributed by atoms with Crippen LogP contribution < -0.4 is 4.90 Å². The Labute approximate surface area is 289 Å². The van der Waals surface area contributed by atoms with E-state index in [0.29, 0.717) is 16.3 Å². The number of esters is 5. The van der Waals surface area contributed by atoms with Gasteiger partial charge in [-0.25, -0.2) is 0 Å². The lowest BCUT2D eigenvalue weighted by Crippen LogP contribution is -2.41. The molecule has 0 aliphatic rings. The molecule has 1 atom stereocenters. The van der Waals surface area contributed by atoms with Crippen LogP contribution in [0.3, 0.4) is 0 Å². The number of halogens is 3. The summed E-state index contributed by atoms with van der Waals surface area (Å²) in [6.45, 7) is 4.28. The van der Waals surface area contributed by atoms with Crippen molar-refractivity contribution >= 4 is 115 Å². The van der Waals surface area contributed by atoms with Crippen molar-refractivity contribution in [1.82, 2.24) is 4.90 Å². The molecule has 14 nitrogen and oxygen atoms in total. The standard InChI is InChI=1S/C26H31I3N2O12/c1-13(32)39-8-7-31(20(37)12-42-16(4)35)25-23(28)19(11-41-15(3)34)22(27)21(24(25)29)26(38)30(6)9-18(43-17(5)36)10-40-14(2)33/h18H,7-12H2,1-6H3. The summed E-state index contributed by atoms with van der Waals surface area (Å²) in [6.07, 6.45) is -0.972. The minimum atomic E-state index is -0.972. The van der Waals surface area contributed by atoms with Crippen molar-refractivity contribution < 1.29 is 57.2 Å². The lowest BCUT2D eigenvalue weighted by molar-refractivity contribution is -0.156. The van der Waals surface area contributed by atoms with E-state index < -0.39 is 54.4 Å². The minimum absolute atomic E-state index is 0.133. The molecule has 0 bridgehead atoms. The number of carbonyl (C=O) groups excluding carboxylic acids is 7. The van der Waals surface area contributed by atoms with E-state index in [-0.39, 0.29) is 44.2 Å². The van der Waals surface area contributed by atoms with Crippen molar-refractivity contribution in [3.8, 4) is 0 Å². The highest BCUT2D eigenvalue weighted by atomic mass is 127. The number of likely N-dealkylation sites (N-methyl/N-ethyl adjacent to an activating group) is 1. The van der Waals surface area contributed by atoms with Gasteiger partial charge >= 0.3 is 29.8 Å². The molecule has 0 spiro atoms. The molecule has 1 aromatic carbocycles. The van der Waals surface area contributed by atoms with Crippen LogP contribution in [0.5, 0.6) is 0 Å². The SMILES string of the molecule is CC(=O)OCCN(C(=O)COC(C)=O)c1c(I)c(COC(C)=O)c(I)c(C(=O)N(C)CC(COC(C)=O)OC(C)=O)c1I. The molecule has 1 aromatic rings. The lowest BCUT2D eigenvalue weighted by atomic mass is 10.1. The van der Waals surface area contributed by atoms with Crippen molar-refractivity contribution in [2.75, 3.05) is 44.9 Å². The zero-order valence-corrected chi connectivity index (χ0v) is 30.7. The Hall–Kier alpha value is -2.30. The van der Waals surface area contributed by atoms with E-state index in [4.69, 9.17) is 23.7 Å². The summed E-state index contributed by atoms with van der Waals surface area (Å²) in [5.41, 5.74) is 0.784. The van der Waals surface area contributed by atoms with Crippen LogP contribution in [0.25, 0.3) is 0 Å². The fourth-order valence-corrected chi connectivity index (χ4v) is 7.98. The molecule has 17 heteroatoms. The molecule has 1 rings (SSSR count). The zero-order chi connectivity index (χ0) is 33.0. The summed E-state index contributed by atoms with van der Waals surface area (Å²) >= 11 is 5.81. The van der Waals surface area contributed by atoms with Gasteiger partial charge in [0.25, 0.3) is 11.8 Å². The second-order valence-electron chi connectivity index (χ2n) is 8.81. The average molecular weight is 944 g/mol. The average Bonchev–Trinajstić information content (AvgIpc) is 2.88. The molecule has 238 valence electrons. The third kappa shape index (κ3) is 12.7. The number of hydrogen-bond donors (Lipinski definition) is 0. The first-order valence-corrected chi connectivity index (χ1v) is 15.7. The van der Waals surface area contributed by atoms with Gasteiger partial charge < -0.3 is 33.5 Å². The van der Waals surface area contributed by atoms with Gasteiger partial charge in [0.15, 0.2) is 12.7 Å². The third-order valence-corrected chi connectivity index (χ3v) is 8.64. The molecule has 0 aliphatic carbocycles. The Morgan fingerprint density at radius 1 is 0.721 bits per heavy atom. The van der Waals surface area contributed by atoms with Gasteiger partial charge in [-0.2, -0.15) is 0 Å². The Kier molecular flexibility index (Phi) is 16.7. The summed E-state index contributed by atoms with van der Waals surface area (Å²) in [5, 5.41) is 0. The predicted octanol–water partition coefficient (Wildman–Crippen LogP) is 2.59. The molecule has 2 amide bonds. The summed E-state index contributed by atoms with van der Waals surface area (Å²) in [4.78, 5) is 87.2. The van der Waals surface area contributed by atoms with E-state index in [0.717, 1.165) is 6.92 Å². The molecule has 0 heterocycles. The van der Waals surface area contributed by atoms with Gasteiger partial charge in [-0.05, 0) is 67.8 Å². The van der Waals surface area contributed by atoms with Crippen molar-refractivity contribution in [2.24, 2.45) is 0 Å². The number of benzene rings is 1. The first-order valence-electron chi connectivity index (χ1n) is 12.4. The Bertz CT molecular complexity index is 1270. The van der Waals surface area contributed by atoms with Crippen LogP contribution >= 0.6 is 67.8 Å². The van der Waals surface area contributed by atoms with Gasteiger partial charge in [-0.15, -0.1) is 0 Å². The van der Waals surface area contributed by atoms with Crippen LogP contribution in [0.2, 0.25) is 0 Å². The molecule has 0 radical (unpaired) electrons. The molecule has 0 saturated carbocycles. The molecule has 0 fully saturated rings. The number of carbonyl (C=O) groups is 7. The second kappa shape index (κ2) is 18.5. The summed E-state index contributed by atoms with van der Waals surface area (Å²) in [5.74, 6) is -4.31. The zero-order valence-electron chi connectivity index (χ0n) is 24.2. The maximum absolute atomic E-state index is 13.9. The van der Waals surface area contributed by atoms with Crippen LogP contribution in [-0.4, -0.2) is 92.6 Å². The first kappa shape index (κ1) is 38.7. The molecular formula is C26H31I3N2O12. The predicted molar refractivity (Wildman–Crippen MR) is 175 cm³/mol. The van der Waals surface area contributed by atoms with E-state index in [1.807, 2.05) is 67.8 Å². The van der Waals surface area contributed by atoms with Gasteiger partial charge in [0.2, 0.25) is 0 Å². The number of ether oxygens (including phenoxy) is 5. The van der Waals surface area contributed by atoms with Crippen LogP contribution in [-0.2, 0) is 59.1 Å². The van der Waals surface area contributed by atoms with E-state index in [2.05, 4.69) is 0 Å². The summed E-state index contributed by atoms with van der Waals surface area (Å²) < 4.78 is 26.6. The topological polar surface area (TPSA) is 172 Å². The number of rotatable bonds is 14. The third-order valence-electron chi connectivity index (χ3n) is 5.24. The number of amides is 2. The summed E-state index contributed by atoms with van der Waals surface area (Å²) in [6, 6.07) is 0. The monoisotopic (exact) mass is 944 g/mol. The maximum Gasteiger partial charge on any atom is 0.303 e. The molecule has 0 saturated heterocycles. The Balaban J connectivity index is 3.77. The lowest BCUT2D eigenvalue weighted by Gasteiger charge is -2.29. The summed E-state index contributed by atoms with van der Waals surface area (Å²) in [7, 11) is 1.45. The van der Waals surface area contributed by atoms with E-state index in [1.165, 1.54) is 44.5 Å². The first-order chi connectivity index (χ1) is 20.0. The van der Waals surface area contributed by atoms with Crippen LogP contribution in [0.15, 0.2) is 0 Å². The fourth-order valence-electron chi connectivity index (χ4n) is 3.46. The molecule has 1 unspecified atom stereocenters. The molecule has 0 aliphatic heterocycles. The van der Waals surface area contributed by atoms with Gasteiger partial charge in [-0.3, -0.25) is 33.6 Å². The van der Waals surface area contributed by atoms with Crippen LogP contribution in [0.1, 0.15) is 50.5 Å². The highest BCUT2D eigenvalue weighted by Gasteiger charge is 2.32. The fraction of sp³-hybridized carbons (Fsp3) is 0.500. The van der Waals surface area contributed by atoms with E-state index in [9.17, 15) is 33.6 Å². The van der Waals surface area contributed by atoms with E-state index in [1.54, 1.807) is 0 Å². The van der Waals surface area contributed by atoms with Gasteiger partial charge in [-0.1, -0.05) is 0 Å². The highest BCUT2D eigenvalue weighted by Crippen LogP contribution is 2.39. The second-order valence-corrected chi connectivity index (χ2v) is 12.0. The normalized spacial score (nSPS) is 11.1. The van der Waals surface area contributed by atoms with Crippen molar-refractivity contribution in [1.29, 1.82) is 0 Å². The Morgan fingerprint density at radius 3 is 1.79 bits per heavy atom. The molecule has 43 heavy (non-hydrogen) atoms. The number of hydrogen-bond acceptors (Lipinski definition) is 12. The highest BCUT2D eigenvalue weighted by molar-refractivity contribution is 14.1. The number of anilines is 1. The largest absolute Gasteiger partial charge is 0.464 e. The van der Waals surface area contributed by atoms with Gasteiger partial charge in [0.1, 0.15) is 19.8 Å². The van der Waals surface area contributed by atoms with Crippen molar-refractivity contribution in [3.05, 3.63) is 21.8 Å². The maximum atomic E-state index is 13.9. The smallest absolute Gasteiger partial charge is 0.303 e. The van der Waals surface area contributed by atoms with Crippen molar-refractivity contribution in [3.63, 3.8) is 0 Å². The molecule has 0 N–H and O–H groups in total. The molecule has 0 aromatic heterocycles. The minimum Gasteiger partial charge on any atom is -0.464 e. The van der Waals surface area contributed by atoms with Crippen LogP contribution in [0.4, 0.5) is 5.69 Å². The van der Waals surface area contributed by atoms with Gasteiger partial charge in [0, 0.05) is 54.4 Å². The quantitative estimate of drug-likeness (QED) is 0.152. The molecular weight excluding hydrogens is 913 g/mol. The van der Waals surface area contributed by atoms with Gasteiger partial charge in [0.05, 0.1) is 27.9 Å². The number of nitrogens with zero attached hydrogens (tertiary/aromatic N) is 2.